The van der Waals surface area contributed by atoms with Crippen molar-refractivity contribution in [1.82, 2.24) is 10.2 Å². The highest BCUT2D eigenvalue weighted by Gasteiger charge is 2.24. The van der Waals surface area contributed by atoms with Gasteiger partial charge in [-0.3, -0.25) is 9.59 Å². The fourth-order valence-electron chi connectivity index (χ4n) is 4.67. The SMILES string of the molecule is Cc1ccccc1OCCCC(=O)NC1CCN(C(=O)CCC2CCCCC2)CC1. The van der Waals surface area contributed by atoms with Crippen LogP contribution in [0.2, 0.25) is 0 Å². The van der Waals surface area contributed by atoms with Crippen molar-refractivity contribution in [3.8, 4) is 5.75 Å². The third-order valence-corrected chi connectivity index (χ3v) is 6.60. The van der Waals surface area contributed by atoms with Gasteiger partial charge in [0.25, 0.3) is 0 Å². The second kappa shape index (κ2) is 12.0. The highest BCUT2D eigenvalue weighted by Crippen LogP contribution is 2.27. The monoisotopic (exact) mass is 414 g/mol. The minimum Gasteiger partial charge on any atom is -0.493 e. The summed E-state index contributed by atoms with van der Waals surface area (Å²) in [5, 5.41) is 3.14. The molecule has 5 nitrogen and oxygen atoms in total. The summed E-state index contributed by atoms with van der Waals surface area (Å²) in [5.41, 5.74) is 1.11. The van der Waals surface area contributed by atoms with Crippen molar-refractivity contribution < 1.29 is 14.3 Å². The number of nitrogens with one attached hydrogen (secondary N) is 1. The lowest BCUT2D eigenvalue weighted by Crippen LogP contribution is -2.46. The Morgan fingerprint density at radius 2 is 1.77 bits per heavy atom. The van der Waals surface area contributed by atoms with Gasteiger partial charge in [-0.2, -0.15) is 0 Å². The number of hydrogen-bond acceptors (Lipinski definition) is 3. The molecule has 2 fully saturated rings. The number of hydrogen-bond donors (Lipinski definition) is 1. The van der Waals surface area contributed by atoms with Crippen molar-refractivity contribution in [2.75, 3.05) is 19.7 Å². The largest absolute Gasteiger partial charge is 0.493 e. The van der Waals surface area contributed by atoms with Crippen LogP contribution in [0.25, 0.3) is 0 Å². The van der Waals surface area contributed by atoms with Crippen LogP contribution in [0.4, 0.5) is 0 Å². The van der Waals surface area contributed by atoms with E-state index >= 15 is 0 Å². The van der Waals surface area contributed by atoms with Crippen LogP contribution >= 0.6 is 0 Å². The zero-order valence-electron chi connectivity index (χ0n) is 18.5. The van der Waals surface area contributed by atoms with E-state index in [0.717, 1.165) is 49.6 Å². The second-order valence-corrected chi connectivity index (χ2v) is 8.98. The van der Waals surface area contributed by atoms with Gasteiger partial charge >= 0.3 is 0 Å². The van der Waals surface area contributed by atoms with Gasteiger partial charge in [-0.25, -0.2) is 0 Å². The molecule has 0 atom stereocenters. The molecule has 0 aromatic heterocycles. The zero-order valence-corrected chi connectivity index (χ0v) is 18.5. The Morgan fingerprint density at radius 1 is 1.03 bits per heavy atom. The summed E-state index contributed by atoms with van der Waals surface area (Å²) in [6.45, 7) is 4.11. The van der Waals surface area contributed by atoms with Gasteiger partial charge < -0.3 is 15.0 Å². The summed E-state index contributed by atoms with van der Waals surface area (Å²) in [4.78, 5) is 26.7. The molecule has 1 aromatic rings. The van der Waals surface area contributed by atoms with Crippen molar-refractivity contribution in [2.24, 2.45) is 5.92 Å². The van der Waals surface area contributed by atoms with Crippen LogP contribution in [-0.4, -0.2) is 42.5 Å². The molecule has 5 heteroatoms. The Kier molecular flexibility index (Phi) is 9.03. The normalized spacial score (nSPS) is 18.2. The molecule has 1 aromatic carbocycles. The zero-order chi connectivity index (χ0) is 21.2. The van der Waals surface area contributed by atoms with E-state index in [1.54, 1.807) is 0 Å². The molecule has 30 heavy (non-hydrogen) atoms. The van der Waals surface area contributed by atoms with E-state index in [0.29, 0.717) is 31.8 Å². The molecule has 1 heterocycles. The first kappa shape index (κ1) is 22.6. The predicted molar refractivity (Wildman–Crippen MR) is 119 cm³/mol. The molecule has 0 radical (unpaired) electrons. The molecule has 1 saturated heterocycles. The third kappa shape index (κ3) is 7.33. The quantitative estimate of drug-likeness (QED) is 0.600. The number of nitrogens with zero attached hydrogens (tertiary/aromatic N) is 1. The van der Waals surface area contributed by atoms with Gasteiger partial charge in [-0.1, -0.05) is 50.3 Å². The van der Waals surface area contributed by atoms with Gasteiger partial charge in [0.05, 0.1) is 6.61 Å². The number of para-hydroxylation sites is 1. The lowest BCUT2D eigenvalue weighted by molar-refractivity contribution is -0.132. The molecule has 3 rings (SSSR count). The summed E-state index contributed by atoms with van der Waals surface area (Å²) < 4.78 is 5.76. The van der Waals surface area contributed by atoms with E-state index in [-0.39, 0.29) is 11.9 Å². The number of carbonyl (C=O) groups is 2. The predicted octanol–water partition coefficient (Wildman–Crippen LogP) is 4.62. The van der Waals surface area contributed by atoms with Gasteiger partial charge in [0.2, 0.25) is 11.8 Å². The lowest BCUT2D eigenvalue weighted by Gasteiger charge is -2.33. The van der Waals surface area contributed by atoms with Crippen LogP contribution < -0.4 is 10.1 Å². The van der Waals surface area contributed by atoms with Crippen LogP contribution in [0.5, 0.6) is 5.75 Å². The maximum Gasteiger partial charge on any atom is 0.222 e. The molecule has 0 spiro atoms. The lowest BCUT2D eigenvalue weighted by atomic mass is 9.86. The average molecular weight is 415 g/mol. The van der Waals surface area contributed by atoms with Crippen molar-refractivity contribution >= 4 is 11.8 Å². The van der Waals surface area contributed by atoms with Gasteiger partial charge in [-0.15, -0.1) is 0 Å². The number of benzene rings is 1. The van der Waals surface area contributed by atoms with Crippen molar-refractivity contribution in [2.45, 2.75) is 83.6 Å². The molecule has 1 aliphatic carbocycles. The minimum atomic E-state index is 0.0884. The van der Waals surface area contributed by atoms with E-state index in [1.807, 2.05) is 36.1 Å². The number of piperidine rings is 1. The molecule has 1 N–H and O–H groups in total. The first-order valence-corrected chi connectivity index (χ1v) is 11.9. The van der Waals surface area contributed by atoms with Crippen LogP contribution in [0, 0.1) is 12.8 Å². The maximum absolute atomic E-state index is 12.5. The number of ether oxygens (including phenoxy) is 1. The van der Waals surface area contributed by atoms with E-state index in [9.17, 15) is 9.59 Å². The van der Waals surface area contributed by atoms with Crippen molar-refractivity contribution in [3.63, 3.8) is 0 Å². The number of amides is 2. The third-order valence-electron chi connectivity index (χ3n) is 6.60. The topological polar surface area (TPSA) is 58.6 Å². The molecule has 2 amide bonds. The Bertz CT molecular complexity index is 677. The number of aryl methyl sites for hydroxylation is 1. The maximum atomic E-state index is 12.5. The smallest absolute Gasteiger partial charge is 0.222 e. The standard InChI is InChI=1S/C25H38N2O3/c1-20-8-5-6-11-23(20)30-19-7-12-24(28)26-22-15-17-27(18-16-22)25(29)14-13-21-9-3-2-4-10-21/h5-6,8,11,21-22H,2-4,7,9-10,12-19H2,1H3,(H,26,28). The summed E-state index contributed by atoms with van der Waals surface area (Å²) >= 11 is 0. The van der Waals surface area contributed by atoms with Gasteiger partial charge in [-0.05, 0) is 50.2 Å². The number of rotatable bonds is 9. The van der Waals surface area contributed by atoms with E-state index in [4.69, 9.17) is 4.74 Å². The second-order valence-electron chi connectivity index (χ2n) is 8.98. The summed E-state index contributed by atoms with van der Waals surface area (Å²) in [6.07, 6.45) is 11.3. The van der Waals surface area contributed by atoms with Crippen LogP contribution in [-0.2, 0) is 9.59 Å². The summed E-state index contributed by atoms with van der Waals surface area (Å²) in [5.74, 6) is 2.04. The first-order chi connectivity index (χ1) is 14.6. The van der Waals surface area contributed by atoms with Crippen LogP contribution in [0.3, 0.4) is 0 Å². The molecular weight excluding hydrogens is 376 g/mol. The van der Waals surface area contributed by atoms with Crippen LogP contribution in [0.1, 0.15) is 76.2 Å². The minimum absolute atomic E-state index is 0.0884. The fraction of sp³-hybridized carbons (Fsp3) is 0.680. The Hall–Kier alpha value is -2.04. The highest BCUT2D eigenvalue weighted by molar-refractivity contribution is 5.77. The summed E-state index contributed by atoms with van der Waals surface area (Å²) in [7, 11) is 0. The van der Waals surface area contributed by atoms with Gasteiger partial charge in [0.15, 0.2) is 0 Å². The van der Waals surface area contributed by atoms with E-state index < -0.39 is 0 Å². The Labute approximate surface area is 181 Å². The molecule has 2 aliphatic rings. The van der Waals surface area contributed by atoms with Crippen molar-refractivity contribution in [1.29, 1.82) is 0 Å². The first-order valence-electron chi connectivity index (χ1n) is 11.9. The molecule has 1 saturated carbocycles. The number of carbonyl (C=O) groups excluding carboxylic acids is 2. The molecule has 1 aliphatic heterocycles. The number of likely N-dealkylation sites (tertiary alicyclic amines) is 1. The fourth-order valence-corrected chi connectivity index (χ4v) is 4.67. The van der Waals surface area contributed by atoms with E-state index in [1.165, 1.54) is 32.1 Å². The van der Waals surface area contributed by atoms with E-state index in [2.05, 4.69) is 5.32 Å². The molecule has 0 unspecified atom stereocenters. The highest BCUT2D eigenvalue weighted by atomic mass is 16.5. The van der Waals surface area contributed by atoms with Crippen LogP contribution in [0.15, 0.2) is 24.3 Å². The van der Waals surface area contributed by atoms with Crippen molar-refractivity contribution in [3.05, 3.63) is 29.8 Å². The molecule has 166 valence electrons. The molecule has 0 bridgehead atoms. The van der Waals surface area contributed by atoms with Gasteiger partial charge in [0, 0.05) is 32.0 Å². The summed E-state index contributed by atoms with van der Waals surface area (Å²) in [6, 6.07) is 8.12. The Morgan fingerprint density at radius 3 is 2.50 bits per heavy atom. The molecular formula is C25H38N2O3. The Balaban J connectivity index is 1.26. The average Bonchev–Trinajstić information content (AvgIpc) is 2.77. The van der Waals surface area contributed by atoms with Gasteiger partial charge in [0.1, 0.15) is 5.75 Å².